The van der Waals surface area contributed by atoms with Gasteiger partial charge in [0.05, 0.1) is 11.0 Å². The molecule has 0 spiro atoms. The van der Waals surface area contributed by atoms with E-state index in [4.69, 9.17) is 0 Å². The predicted molar refractivity (Wildman–Crippen MR) is 103 cm³/mol. The van der Waals surface area contributed by atoms with E-state index < -0.39 is 0 Å². The molecule has 114 valence electrons. The number of rotatable bonds is 1. The van der Waals surface area contributed by atoms with Gasteiger partial charge in [-0.15, -0.1) is 0 Å². The Morgan fingerprint density at radius 3 is 2.25 bits per heavy atom. The second kappa shape index (κ2) is 4.97. The summed E-state index contributed by atoms with van der Waals surface area (Å²) in [5, 5.41) is 5.22. The van der Waals surface area contributed by atoms with Gasteiger partial charge < -0.3 is 4.57 Å². The molecule has 0 unspecified atom stereocenters. The third kappa shape index (κ3) is 1.82. The van der Waals surface area contributed by atoms with Gasteiger partial charge in [0.1, 0.15) is 0 Å². The zero-order valence-corrected chi connectivity index (χ0v) is 13.5. The zero-order chi connectivity index (χ0) is 16.1. The van der Waals surface area contributed by atoms with Crippen molar-refractivity contribution in [1.82, 2.24) is 4.57 Å². The molecule has 0 N–H and O–H groups in total. The Hall–Kier alpha value is -3.06. The lowest BCUT2D eigenvalue weighted by molar-refractivity contribution is 1.19. The van der Waals surface area contributed by atoms with E-state index in [0.29, 0.717) is 0 Å². The summed E-state index contributed by atoms with van der Waals surface area (Å²) in [5.74, 6) is 0. The molecular formula is C23H17N. The summed E-state index contributed by atoms with van der Waals surface area (Å²) in [7, 11) is 0. The van der Waals surface area contributed by atoms with Gasteiger partial charge in [-0.1, -0.05) is 66.2 Å². The van der Waals surface area contributed by atoms with Gasteiger partial charge in [0.25, 0.3) is 0 Å². The molecule has 0 bridgehead atoms. The fourth-order valence-electron chi connectivity index (χ4n) is 3.74. The molecule has 5 rings (SSSR count). The molecule has 1 heteroatoms. The predicted octanol–water partition coefficient (Wildman–Crippen LogP) is 6.25. The van der Waals surface area contributed by atoms with E-state index in [-0.39, 0.29) is 0 Å². The lowest BCUT2D eigenvalue weighted by atomic mass is 10.0. The fraction of sp³-hybridized carbons (Fsp3) is 0.0435. The molecule has 5 aromatic rings. The van der Waals surface area contributed by atoms with Gasteiger partial charge in [0.2, 0.25) is 0 Å². The van der Waals surface area contributed by atoms with Crippen LogP contribution >= 0.6 is 0 Å². The van der Waals surface area contributed by atoms with Crippen molar-refractivity contribution in [2.24, 2.45) is 0 Å². The lowest BCUT2D eigenvalue weighted by Crippen LogP contribution is -1.93. The van der Waals surface area contributed by atoms with Crippen molar-refractivity contribution in [3.63, 3.8) is 0 Å². The topological polar surface area (TPSA) is 4.93 Å². The first-order valence-corrected chi connectivity index (χ1v) is 8.31. The van der Waals surface area contributed by atoms with Crippen LogP contribution < -0.4 is 0 Å². The van der Waals surface area contributed by atoms with Gasteiger partial charge in [-0.3, -0.25) is 0 Å². The zero-order valence-electron chi connectivity index (χ0n) is 13.5. The maximum absolute atomic E-state index is 2.40. The minimum Gasteiger partial charge on any atom is -0.309 e. The Bertz CT molecular complexity index is 1200. The summed E-state index contributed by atoms with van der Waals surface area (Å²) in [6.07, 6.45) is 0. The van der Waals surface area contributed by atoms with E-state index >= 15 is 0 Å². The molecule has 0 saturated heterocycles. The van der Waals surface area contributed by atoms with Gasteiger partial charge in [0, 0.05) is 21.8 Å². The van der Waals surface area contributed by atoms with Crippen LogP contribution in [0.2, 0.25) is 0 Å². The van der Waals surface area contributed by atoms with Crippen LogP contribution in [0.1, 0.15) is 5.56 Å². The quantitative estimate of drug-likeness (QED) is 0.345. The summed E-state index contributed by atoms with van der Waals surface area (Å²) in [5.41, 5.74) is 5.05. The van der Waals surface area contributed by atoms with E-state index in [1.165, 1.54) is 43.8 Å². The average molecular weight is 307 g/mol. The fourth-order valence-corrected chi connectivity index (χ4v) is 3.74. The Morgan fingerprint density at radius 2 is 1.38 bits per heavy atom. The van der Waals surface area contributed by atoms with E-state index in [9.17, 15) is 0 Å². The van der Waals surface area contributed by atoms with Crippen molar-refractivity contribution in [3.8, 4) is 5.69 Å². The number of aromatic nitrogens is 1. The van der Waals surface area contributed by atoms with Crippen LogP contribution in [0.4, 0.5) is 0 Å². The van der Waals surface area contributed by atoms with E-state index in [0.717, 1.165) is 0 Å². The highest BCUT2D eigenvalue weighted by molar-refractivity contribution is 6.18. The van der Waals surface area contributed by atoms with E-state index in [1.807, 2.05) is 0 Å². The van der Waals surface area contributed by atoms with Crippen LogP contribution in [0, 0.1) is 6.92 Å². The molecule has 1 heterocycles. The Kier molecular flexibility index (Phi) is 2.77. The highest BCUT2D eigenvalue weighted by atomic mass is 15.0. The van der Waals surface area contributed by atoms with Crippen LogP contribution in [-0.4, -0.2) is 4.57 Å². The molecule has 0 aliphatic rings. The Morgan fingerprint density at radius 1 is 0.625 bits per heavy atom. The van der Waals surface area contributed by atoms with Crippen LogP contribution in [0.3, 0.4) is 0 Å². The smallest absolute Gasteiger partial charge is 0.0619 e. The summed E-state index contributed by atoms with van der Waals surface area (Å²) in [6, 6.07) is 30.5. The molecule has 0 amide bonds. The number of aryl methyl sites for hydroxylation is 1. The van der Waals surface area contributed by atoms with E-state index in [2.05, 4.69) is 96.4 Å². The van der Waals surface area contributed by atoms with Crippen molar-refractivity contribution in [2.45, 2.75) is 6.92 Å². The van der Waals surface area contributed by atoms with Crippen LogP contribution in [0.15, 0.2) is 84.9 Å². The minimum atomic E-state index is 1.21. The van der Waals surface area contributed by atoms with Gasteiger partial charge in [-0.25, -0.2) is 0 Å². The second-order valence-electron chi connectivity index (χ2n) is 6.37. The van der Waals surface area contributed by atoms with Crippen LogP contribution in [0.25, 0.3) is 38.3 Å². The summed E-state index contributed by atoms with van der Waals surface area (Å²) in [6.45, 7) is 2.16. The first kappa shape index (κ1) is 13.4. The lowest BCUT2D eigenvalue weighted by Gasteiger charge is -2.10. The molecule has 1 aromatic heterocycles. The van der Waals surface area contributed by atoms with E-state index in [1.54, 1.807) is 0 Å². The molecule has 0 atom stereocenters. The highest BCUT2D eigenvalue weighted by Gasteiger charge is 2.14. The van der Waals surface area contributed by atoms with Crippen molar-refractivity contribution in [1.29, 1.82) is 0 Å². The first-order chi connectivity index (χ1) is 11.8. The molecule has 0 aliphatic heterocycles. The number of nitrogens with zero attached hydrogens (tertiary/aromatic N) is 1. The maximum atomic E-state index is 2.40. The maximum Gasteiger partial charge on any atom is 0.0619 e. The Balaban J connectivity index is 2.09. The van der Waals surface area contributed by atoms with Crippen LogP contribution in [-0.2, 0) is 0 Å². The minimum absolute atomic E-state index is 1.21. The SMILES string of the molecule is Cc1ccc2ccc3c4ccccc4n(-c4ccccc4)c3c2c1. The monoisotopic (exact) mass is 307 g/mol. The molecule has 4 aromatic carbocycles. The summed E-state index contributed by atoms with van der Waals surface area (Å²) >= 11 is 0. The molecular weight excluding hydrogens is 290 g/mol. The van der Waals surface area contributed by atoms with Crippen molar-refractivity contribution < 1.29 is 0 Å². The second-order valence-corrected chi connectivity index (χ2v) is 6.37. The molecule has 0 fully saturated rings. The molecule has 1 nitrogen and oxygen atoms in total. The van der Waals surface area contributed by atoms with Crippen molar-refractivity contribution >= 4 is 32.6 Å². The number of hydrogen-bond acceptors (Lipinski definition) is 0. The molecule has 0 radical (unpaired) electrons. The molecule has 0 saturated carbocycles. The standard InChI is InChI=1S/C23H17N/c1-16-11-12-17-13-14-20-19-9-5-6-10-22(19)24(23(20)21(17)15-16)18-7-3-2-4-8-18/h2-15H,1H3. The number of para-hydroxylation sites is 2. The van der Waals surface area contributed by atoms with Gasteiger partial charge >= 0.3 is 0 Å². The summed E-state index contributed by atoms with van der Waals surface area (Å²) < 4.78 is 2.40. The van der Waals surface area contributed by atoms with Crippen molar-refractivity contribution in [2.75, 3.05) is 0 Å². The number of fused-ring (bicyclic) bond motifs is 5. The molecule has 0 aliphatic carbocycles. The largest absolute Gasteiger partial charge is 0.309 e. The third-order valence-corrected chi connectivity index (χ3v) is 4.82. The van der Waals surface area contributed by atoms with Gasteiger partial charge in [-0.2, -0.15) is 0 Å². The third-order valence-electron chi connectivity index (χ3n) is 4.82. The first-order valence-electron chi connectivity index (χ1n) is 8.31. The normalized spacial score (nSPS) is 11.5. The van der Waals surface area contributed by atoms with Gasteiger partial charge in [-0.05, 0) is 36.6 Å². The summed E-state index contributed by atoms with van der Waals surface area (Å²) in [4.78, 5) is 0. The number of benzene rings is 4. The van der Waals surface area contributed by atoms with Crippen molar-refractivity contribution in [3.05, 3.63) is 90.5 Å². The number of hydrogen-bond donors (Lipinski definition) is 0. The highest BCUT2D eigenvalue weighted by Crippen LogP contribution is 2.36. The van der Waals surface area contributed by atoms with Crippen LogP contribution in [0.5, 0.6) is 0 Å². The molecule has 24 heavy (non-hydrogen) atoms. The van der Waals surface area contributed by atoms with Gasteiger partial charge in [0.15, 0.2) is 0 Å². The average Bonchev–Trinajstić information content (AvgIpc) is 2.97. The Labute approximate surface area is 140 Å².